The minimum atomic E-state index is -4.67. The second-order valence-electron chi connectivity index (χ2n) is 5.35. The predicted octanol–water partition coefficient (Wildman–Crippen LogP) is 2.24. The van der Waals surface area contributed by atoms with Crippen molar-refractivity contribution in [2.45, 2.75) is 12.7 Å². The van der Waals surface area contributed by atoms with Gasteiger partial charge in [-0.25, -0.2) is 24.3 Å². The van der Waals surface area contributed by atoms with Gasteiger partial charge in [0.05, 0.1) is 5.69 Å². The molecule has 3 heterocycles. The molecule has 0 amide bonds. The maximum atomic E-state index is 13.3. The Balaban J connectivity index is 1.94. The summed E-state index contributed by atoms with van der Waals surface area (Å²) in [6.45, 7) is 0. The molecule has 0 saturated heterocycles. The Labute approximate surface area is 142 Å². The number of nitrogens with one attached hydrogen (secondary N) is 1. The van der Waals surface area contributed by atoms with Gasteiger partial charge in [-0.05, 0) is 5.56 Å². The molecule has 4 rings (SSSR count). The van der Waals surface area contributed by atoms with E-state index < -0.39 is 12.1 Å². The van der Waals surface area contributed by atoms with Gasteiger partial charge in [-0.1, -0.05) is 35.5 Å². The van der Waals surface area contributed by atoms with Gasteiger partial charge in [0.1, 0.15) is 11.8 Å². The molecule has 132 valence electrons. The molecule has 0 atom stereocenters. The first-order chi connectivity index (χ1) is 12.4. The summed E-state index contributed by atoms with van der Waals surface area (Å²) < 4.78 is 44.3. The van der Waals surface area contributed by atoms with E-state index in [0.29, 0.717) is 6.33 Å². The van der Waals surface area contributed by atoms with Gasteiger partial charge in [0.15, 0.2) is 5.65 Å². The van der Waals surface area contributed by atoms with E-state index in [-0.39, 0.29) is 39.5 Å². The number of fused-ring (bicyclic) bond motifs is 1. The number of alkyl halides is 3. The van der Waals surface area contributed by atoms with Crippen molar-refractivity contribution < 1.29 is 17.7 Å². The third kappa shape index (κ3) is 2.83. The van der Waals surface area contributed by atoms with Gasteiger partial charge in [0.2, 0.25) is 11.6 Å². The smallest absolute Gasteiger partial charge is 0.295 e. The number of H-pyrrole nitrogens is 1. The van der Waals surface area contributed by atoms with E-state index in [2.05, 4.69) is 29.6 Å². The molecular weight excluding hydrogens is 353 g/mol. The topological polar surface area (TPSA) is 102 Å². The molecule has 26 heavy (non-hydrogen) atoms. The lowest BCUT2D eigenvalue weighted by Gasteiger charge is -2.11. The maximum absolute atomic E-state index is 13.3. The van der Waals surface area contributed by atoms with Crippen molar-refractivity contribution in [2.24, 2.45) is 0 Å². The number of halogens is 3. The number of imidazole rings is 1. The second kappa shape index (κ2) is 5.79. The van der Waals surface area contributed by atoms with Gasteiger partial charge < -0.3 is 0 Å². The van der Waals surface area contributed by atoms with Crippen molar-refractivity contribution >= 4 is 11.2 Å². The zero-order valence-corrected chi connectivity index (χ0v) is 12.9. The van der Waals surface area contributed by atoms with E-state index in [1.54, 1.807) is 30.3 Å². The maximum Gasteiger partial charge on any atom is 0.490 e. The van der Waals surface area contributed by atoms with Crippen LogP contribution in [0.1, 0.15) is 11.3 Å². The van der Waals surface area contributed by atoms with Gasteiger partial charge in [-0.3, -0.25) is 9.51 Å². The van der Waals surface area contributed by atoms with Crippen LogP contribution in [0.25, 0.3) is 22.8 Å². The Morgan fingerprint density at radius 2 is 1.92 bits per heavy atom. The normalized spacial score (nSPS) is 12.0. The fraction of sp³-hybridized carbons (Fsp3) is 0.133. The van der Waals surface area contributed by atoms with E-state index in [1.807, 2.05) is 0 Å². The molecule has 0 fully saturated rings. The molecule has 0 aliphatic heterocycles. The summed E-state index contributed by atoms with van der Waals surface area (Å²) in [7, 11) is 0. The molecule has 1 aromatic carbocycles. The molecular formula is C15H9F3N6O2. The summed E-state index contributed by atoms with van der Waals surface area (Å²) in [6.07, 6.45) is -3.92. The zero-order valence-electron chi connectivity index (χ0n) is 12.9. The highest BCUT2D eigenvalue weighted by molar-refractivity contribution is 5.76. The highest BCUT2D eigenvalue weighted by atomic mass is 19.4. The number of aromatic nitrogens is 6. The Morgan fingerprint density at radius 3 is 2.58 bits per heavy atom. The minimum absolute atomic E-state index is 0.0654. The van der Waals surface area contributed by atoms with Crippen molar-refractivity contribution in [3.63, 3.8) is 0 Å². The van der Waals surface area contributed by atoms with E-state index in [0.717, 1.165) is 5.56 Å². The highest BCUT2D eigenvalue weighted by Gasteiger charge is 2.34. The van der Waals surface area contributed by atoms with E-state index in [4.69, 9.17) is 0 Å². The molecule has 11 heteroatoms. The van der Waals surface area contributed by atoms with E-state index in [9.17, 15) is 18.0 Å². The summed E-state index contributed by atoms with van der Waals surface area (Å²) in [4.78, 5) is 25.2. The van der Waals surface area contributed by atoms with Crippen LogP contribution in [0.3, 0.4) is 0 Å². The molecule has 1 N–H and O–H groups in total. The lowest BCUT2D eigenvalue weighted by molar-refractivity contribution is -0.201. The second-order valence-corrected chi connectivity index (χ2v) is 5.35. The number of aromatic amines is 1. The van der Waals surface area contributed by atoms with Crippen molar-refractivity contribution in [1.29, 1.82) is 0 Å². The van der Waals surface area contributed by atoms with E-state index >= 15 is 0 Å². The Kier molecular flexibility index (Phi) is 3.56. The number of nitrogens with zero attached hydrogens (tertiary/aromatic N) is 5. The average molecular weight is 362 g/mol. The van der Waals surface area contributed by atoms with Crippen molar-refractivity contribution in [1.82, 2.24) is 29.7 Å². The van der Waals surface area contributed by atoms with Crippen LogP contribution in [0.5, 0.6) is 0 Å². The van der Waals surface area contributed by atoms with Gasteiger partial charge in [-0.15, -0.1) is 13.2 Å². The highest BCUT2D eigenvalue weighted by Crippen LogP contribution is 2.29. The zero-order chi connectivity index (χ0) is 18.3. The van der Waals surface area contributed by atoms with Crippen LogP contribution in [0, 0.1) is 0 Å². The number of rotatable bonds is 3. The van der Waals surface area contributed by atoms with Crippen molar-refractivity contribution in [3.8, 4) is 11.6 Å². The van der Waals surface area contributed by atoms with Crippen LogP contribution in [0.15, 0.2) is 46.0 Å². The van der Waals surface area contributed by atoms with Crippen LogP contribution in [0.2, 0.25) is 0 Å². The van der Waals surface area contributed by atoms with Gasteiger partial charge in [0, 0.05) is 6.42 Å². The summed E-state index contributed by atoms with van der Waals surface area (Å²) in [5, 5.41) is 3.47. The Hall–Kier alpha value is -3.50. The fourth-order valence-corrected chi connectivity index (χ4v) is 2.53. The summed E-state index contributed by atoms with van der Waals surface area (Å²) in [5.41, 5.74) is 0.426. The third-order valence-corrected chi connectivity index (χ3v) is 3.61. The largest absolute Gasteiger partial charge is 0.490 e. The molecule has 8 nitrogen and oxygen atoms in total. The van der Waals surface area contributed by atoms with Crippen LogP contribution >= 0.6 is 0 Å². The Morgan fingerprint density at radius 1 is 1.15 bits per heavy atom. The minimum Gasteiger partial charge on any atom is -0.295 e. The molecule has 4 aromatic rings. The molecule has 0 saturated carbocycles. The first-order valence-electron chi connectivity index (χ1n) is 7.33. The molecule has 0 spiro atoms. The lowest BCUT2D eigenvalue weighted by atomic mass is 10.1. The van der Waals surface area contributed by atoms with Crippen molar-refractivity contribution in [3.05, 3.63) is 58.5 Å². The molecule has 3 aromatic heterocycles. The first kappa shape index (κ1) is 16.0. The van der Waals surface area contributed by atoms with Crippen molar-refractivity contribution in [2.75, 3.05) is 0 Å². The van der Waals surface area contributed by atoms with Crippen LogP contribution in [0.4, 0.5) is 13.2 Å². The van der Waals surface area contributed by atoms with Gasteiger partial charge in [-0.2, -0.15) is 0 Å². The monoisotopic (exact) mass is 362 g/mol. The molecule has 0 aliphatic rings. The summed E-state index contributed by atoms with van der Waals surface area (Å²) in [6, 6.07) is 8.86. The molecule has 0 aliphatic carbocycles. The van der Waals surface area contributed by atoms with Crippen LogP contribution in [-0.2, 0) is 12.7 Å². The number of hydrogen-bond donors (Lipinski definition) is 1. The van der Waals surface area contributed by atoms with Gasteiger partial charge >= 0.3 is 12.1 Å². The SMILES string of the molecule is O=c1[nH]c(-c2nc(Cc3ccccc3)c3c(ncn3C(F)(F)F)n2)no1. The Bertz CT molecular complexity index is 1130. The number of hydrogen-bond acceptors (Lipinski definition) is 6. The molecule has 0 radical (unpaired) electrons. The summed E-state index contributed by atoms with van der Waals surface area (Å²) in [5.74, 6) is -0.997. The number of benzene rings is 1. The van der Waals surface area contributed by atoms with E-state index in [1.165, 1.54) is 0 Å². The predicted molar refractivity (Wildman–Crippen MR) is 82.0 cm³/mol. The van der Waals surface area contributed by atoms with Crippen LogP contribution < -0.4 is 5.76 Å². The summed E-state index contributed by atoms with van der Waals surface area (Å²) >= 11 is 0. The standard InChI is InChI=1S/C15H9F3N6O2/c16-15(17,18)24-7-19-11-10(24)9(6-8-4-2-1-3-5-8)20-12(21-11)13-22-14(25)26-23-13/h1-5,7H,6H2,(H,22,23,25). The quantitative estimate of drug-likeness (QED) is 0.600. The molecule has 0 bridgehead atoms. The lowest BCUT2D eigenvalue weighted by Crippen LogP contribution is -2.17. The average Bonchev–Trinajstić information content (AvgIpc) is 3.21. The van der Waals surface area contributed by atoms with Crippen LogP contribution in [-0.4, -0.2) is 29.7 Å². The first-order valence-corrected chi connectivity index (χ1v) is 7.33. The van der Waals surface area contributed by atoms with Gasteiger partial charge in [0.25, 0.3) is 0 Å². The third-order valence-electron chi connectivity index (χ3n) is 3.61. The fourth-order valence-electron chi connectivity index (χ4n) is 2.53. The molecule has 0 unspecified atom stereocenters.